The van der Waals surface area contributed by atoms with Gasteiger partial charge >= 0.3 is 6.18 Å². The van der Waals surface area contributed by atoms with Crippen molar-refractivity contribution in [3.8, 4) is 11.3 Å². The second-order valence-corrected chi connectivity index (χ2v) is 9.85. The zero-order chi connectivity index (χ0) is 25.7. The average Bonchev–Trinajstić information content (AvgIpc) is 3.28. The highest BCUT2D eigenvalue weighted by Crippen LogP contribution is 2.32. The van der Waals surface area contributed by atoms with Crippen LogP contribution in [0.1, 0.15) is 5.56 Å². The Morgan fingerprint density at radius 3 is 2.22 bits per heavy atom. The lowest BCUT2D eigenvalue weighted by atomic mass is 10.1. The standard InChI is InChI=1S/C22H17F5N6O2S/c23-16-5-2-6-17(24)19(16)36(34,35)32-11-9-31(10-12-32)21-29-20-28-8-7-18(33(20)30-21)14-3-1-4-15(13-14)22(25,26)27/h1-8,13H,9-12H2. The predicted molar refractivity (Wildman–Crippen MR) is 119 cm³/mol. The average molecular weight is 524 g/mol. The molecular formula is C22H17F5N6O2S. The Bertz CT molecular complexity index is 1530. The number of hydrogen-bond donors (Lipinski definition) is 0. The summed E-state index contributed by atoms with van der Waals surface area (Å²) in [6.45, 7) is 0.0648. The lowest BCUT2D eigenvalue weighted by molar-refractivity contribution is -0.137. The predicted octanol–water partition coefficient (Wildman–Crippen LogP) is 3.60. The molecule has 0 unspecified atom stereocenters. The number of sulfonamides is 1. The Labute approximate surface area is 201 Å². The van der Waals surface area contributed by atoms with Crippen molar-refractivity contribution >= 4 is 21.7 Å². The quantitative estimate of drug-likeness (QED) is 0.380. The molecule has 0 bridgehead atoms. The van der Waals surface area contributed by atoms with Crippen LogP contribution in [0.2, 0.25) is 0 Å². The van der Waals surface area contributed by atoms with Crippen molar-refractivity contribution in [2.45, 2.75) is 11.1 Å². The van der Waals surface area contributed by atoms with Crippen LogP contribution in [0.15, 0.2) is 59.6 Å². The first-order chi connectivity index (χ1) is 17.1. The number of rotatable bonds is 4. The highest BCUT2D eigenvalue weighted by molar-refractivity contribution is 7.89. The molecule has 0 atom stereocenters. The van der Waals surface area contributed by atoms with Crippen LogP contribution in [0.25, 0.3) is 17.0 Å². The van der Waals surface area contributed by atoms with Crippen LogP contribution >= 0.6 is 0 Å². The SMILES string of the molecule is O=S(=O)(c1c(F)cccc1F)N1CCN(c2nc3nccc(-c4cccc(C(F)(F)F)c4)n3n2)CC1. The summed E-state index contributed by atoms with van der Waals surface area (Å²) in [5, 5.41) is 4.38. The topological polar surface area (TPSA) is 83.7 Å². The van der Waals surface area contributed by atoms with E-state index in [0.717, 1.165) is 34.6 Å². The highest BCUT2D eigenvalue weighted by atomic mass is 32.2. The molecule has 1 saturated heterocycles. The molecule has 14 heteroatoms. The second-order valence-electron chi connectivity index (χ2n) is 7.97. The lowest BCUT2D eigenvalue weighted by Gasteiger charge is -2.33. The molecule has 0 saturated carbocycles. The van der Waals surface area contributed by atoms with Crippen molar-refractivity contribution < 1.29 is 30.4 Å². The summed E-state index contributed by atoms with van der Waals surface area (Å²) in [5.74, 6) is -2.01. The van der Waals surface area contributed by atoms with Gasteiger partial charge in [-0.2, -0.15) is 27.0 Å². The summed E-state index contributed by atoms with van der Waals surface area (Å²) in [4.78, 5) is 9.10. The van der Waals surface area contributed by atoms with Crippen LogP contribution in [0.5, 0.6) is 0 Å². The maximum Gasteiger partial charge on any atom is 0.416 e. The van der Waals surface area contributed by atoms with Crippen LogP contribution in [0, 0.1) is 11.6 Å². The van der Waals surface area contributed by atoms with E-state index in [2.05, 4.69) is 15.1 Å². The first-order valence-corrected chi connectivity index (χ1v) is 12.1. The first-order valence-electron chi connectivity index (χ1n) is 10.6. The Balaban J connectivity index is 1.40. The molecule has 0 N–H and O–H groups in total. The minimum atomic E-state index is -4.51. The largest absolute Gasteiger partial charge is 0.416 e. The van der Waals surface area contributed by atoms with E-state index in [4.69, 9.17) is 0 Å². The van der Waals surface area contributed by atoms with Crippen LogP contribution in [0.3, 0.4) is 0 Å². The number of piperazine rings is 1. The Morgan fingerprint density at radius 1 is 0.889 bits per heavy atom. The van der Waals surface area contributed by atoms with Crippen molar-refractivity contribution in [1.82, 2.24) is 23.9 Å². The lowest BCUT2D eigenvalue weighted by Crippen LogP contribution is -2.49. The van der Waals surface area contributed by atoms with Gasteiger partial charge in [-0.3, -0.25) is 0 Å². The van der Waals surface area contributed by atoms with Gasteiger partial charge in [-0.05, 0) is 30.3 Å². The van der Waals surface area contributed by atoms with E-state index >= 15 is 0 Å². The molecule has 188 valence electrons. The summed E-state index contributed by atoms with van der Waals surface area (Å²) >= 11 is 0. The smallest absolute Gasteiger partial charge is 0.337 e. The van der Waals surface area contributed by atoms with E-state index in [-0.39, 0.29) is 43.5 Å². The van der Waals surface area contributed by atoms with E-state index in [1.165, 1.54) is 28.9 Å². The van der Waals surface area contributed by atoms with Gasteiger partial charge < -0.3 is 4.90 Å². The van der Waals surface area contributed by atoms with Gasteiger partial charge in [-0.25, -0.2) is 22.2 Å². The van der Waals surface area contributed by atoms with E-state index in [0.29, 0.717) is 5.69 Å². The molecule has 2 aromatic carbocycles. The summed E-state index contributed by atoms with van der Waals surface area (Å²) in [5.41, 5.74) is -0.216. The maximum absolute atomic E-state index is 14.1. The fraction of sp³-hybridized carbons (Fsp3) is 0.227. The Kier molecular flexibility index (Phi) is 5.87. The number of alkyl halides is 3. The summed E-state index contributed by atoms with van der Waals surface area (Å²) in [6, 6.07) is 9.12. The van der Waals surface area contributed by atoms with Gasteiger partial charge in [-0.15, -0.1) is 5.10 Å². The minimum absolute atomic E-state index is 0.0838. The summed E-state index contributed by atoms with van der Waals surface area (Å²) in [6.07, 6.45) is -3.11. The number of hydrogen-bond acceptors (Lipinski definition) is 6. The molecule has 0 amide bonds. The van der Waals surface area contributed by atoms with Gasteiger partial charge in [0.15, 0.2) is 4.90 Å². The maximum atomic E-state index is 14.1. The Hall–Kier alpha value is -3.65. The molecule has 0 radical (unpaired) electrons. The van der Waals surface area contributed by atoms with Gasteiger partial charge in [0, 0.05) is 37.9 Å². The van der Waals surface area contributed by atoms with Gasteiger partial charge in [0.05, 0.1) is 11.3 Å². The molecule has 8 nitrogen and oxygen atoms in total. The third kappa shape index (κ3) is 4.26. The van der Waals surface area contributed by atoms with Crippen molar-refractivity contribution in [3.05, 3.63) is 71.9 Å². The second kappa shape index (κ2) is 8.78. The molecule has 0 aliphatic carbocycles. The molecule has 0 spiro atoms. The third-order valence-corrected chi connectivity index (χ3v) is 7.70. The van der Waals surface area contributed by atoms with Crippen molar-refractivity contribution in [3.63, 3.8) is 0 Å². The van der Waals surface area contributed by atoms with Crippen LogP contribution < -0.4 is 4.90 Å². The van der Waals surface area contributed by atoms with E-state index in [1.807, 2.05) is 0 Å². The molecule has 3 heterocycles. The van der Waals surface area contributed by atoms with Crippen LogP contribution in [0.4, 0.5) is 27.9 Å². The highest BCUT2D eigenvalue weighted by Gasteiger charge is 2.34. The van der Waals surface area contributed by atoms with Crippen LogP contribution in [-0.4, -0.2) is 58.5 Å². The summed E-state index contributed by atoms with van der Waals surface area (Å²) in [7, 11) is -4.41. The molecule has 36 heavy (non-hydrogen) atoms. The van der Waals surface area contributed by atoms with Crippen molar-refractivity contribution in [2.24, 2.45) is 0 Å². The zero-order valence-corrected chi connectivity index (χ0v) is 19.1. The van der Waals surface area contributed by atoms with Gasteiger partial charge in [0.1, 0.15) is 11.6 Å². The molecule has 4 aromatic rings. The molecule has 1 fully saturated rings. The van der Waals surface area contributed by atoms with Crippen molar-refractivity contribution in [1.29, 1.82) is 0 Å². The zero-order valence-electron chi connectivity index (χ0n) is 18.3. The molecule has 2 aromatic heterocycles. The monoisotopic (exact) mass is 524 g/mol. The van der Waals surface area contributed by atoms with Gasteiger partial charge in [0.2, 0.25) is 16.0 Å². The third-order valence-electron chi connectivity index (χ3n) is 5.75. The van der Waals surface area contributed by atoms with Gasteiger partial charge in [-0.1, -0.05) is 18.2 Å². The van der Waals surface area contributed by atoms with Gasteiger partial charge in [0.25, 0.3) is 5.78 Å². The molecule has 1 aliphatic heterocycles. The number of benzene rings is 2. The van der Waals surface area contributed by atoms with Crippen molar-refractivity contribution in [2.75, 3.05) is 31.1 Å². The molecule has 1 aliphatic rings. The number of anilines is 1. The minimum Gasteiger partial charge on any atom is -0.337 e. The number of halogens is 5. The normalized spacial score (nSPS) is 15.5. The molecular weight excluding hydrogens is 507 g/mol. The fourth-order valence-corrected chi connectivity index (χ4v) is 5.51. The van der Waals surface area contributed by atoms with Crippen LogP contribution in [-0.2, 0) is 16.2 Å². The van der Waals surface area contributed by atoms with E-state index in [9.17, 15) is 30.4 Å². The first kappa shape index (κ1) is 24.1. The number of fused-ring (bicyclic) bond motifs is 1. The number of aromatic nitrogens is 4. The van der Waals surface area contributed by atoms with E-state index < -0.39 is 38.3 Å². The number of nitrogens with zero attached hydrogens (tertiary/aromatic N) is 6. The summed E-state index contributed by atoms with van der Waals surface area (Å²) < 4.78 is 95.6. The van der Waals surface area contributed by atoms with E-state index in [1.54, 1.807) is 4.90 Å². The fourth-order valence-electron chi connectivity index (χ4n) is 3.98. The molecule has 5 rings (SSSR count). The Morgan fingerprint density at radius 2 is 1.56 bits per heavy atom.